The van der Waals surface area contributed by atoms with Gasteiger partial charge >= 0.3 is 5.97 Å². The van der Waals surface area contributed by atoms with E-state index in [1.54, 1.807) is 12.1 Å². The van der Waals surface area contributed by atoms with Crippen molar-refractivity contribution in [3.05, 3.63) is 29.8 Å². The van der Waals surface area contributed by atoms with E-state index < -0.39 is 40.5 Å². The Hall–Kier alpha value is -2.55. The summed E-state index contributed by atoms with van der Waals surface area (Å²) in [7, 11) is -0.0938. The second-order valence-corrected chi connectivity index (χ2v) is 9.07. The van der Waals surface area contributed by atoms with Gasteiger partial charge < -0.3 is 19.1 Å². The molecule has 0 spiro atoms. The number of hydrogen-bond donors (Lipinski definition) is 0. The number of esters is 1. The first-order valence-corrected chi connectivity index (χ1v) is 11.1. The van der Waals surface area contributed by atoms with Crippen LogP contribution in [0.15, 0.2) is 24.3 Å². The van der Waals surface area contributed by atoms with E-state index >= 15 is 0 Å². The molecule has 0 aliphatic carbocycles. The first kappa shape index (κ1) is 22.7. The van der Waals surface area contributed by atoms with Gasteiger partial charge in [0.2, 0.25) is 0 Å². The monoisotopic (exact) mass is 425 g/mol. The minimum Gasteiger partial charge on any atom is -0.493 e. The van der Waals surface area contributed by atoms with Crippen molar-refractivity contribution in [1.29, 1.82) is 0 Å². The number of benzene rings is 1. The topological polar surface area (TPSA) is 99.2 Å². The Kier molecular flexibility index (Phi) is 7.66. The van der Waals surface area contributed by atoms with Crippen molar-refractivity contribution >= 4 is 27.8 Å². The quantitative estimate of drug-likeness (QED) is 0.584. The standard InChI is InChI=1S/C20H27NO7S/c1-5-6-15-7-8-17(18(11-15)26-4)27-12-19(22)28-14(2)20(23)21(3)16-9-10-29(24,25)13-16/h5-8,11,14,16H,9-10,12-13H2,1-4H3/b6-5+/t14-,16-/m1/s1. The molecule has 1 aliphatic rings. The van der Waals surface area contributed by atoms with Crippen LogP contribution >= 0.6 is 0 Å². The average molecular weight is 426 g/mol. The molecule has 0 radical (unpaired) electrons. The number of nitrogens with zero attached hydrogens (tertiary/aromatic N) is 1. The molecule has 1 aromatic carbocycles. The molecule has 0 saturated carbocycles. The van der Waals surface area contributed by atoms with Gasteiger partial charge in [0.15, 0.2) is 34.0 Å². The predicted octanol–water partition coefficient (Wildman–Crippen LogP) is 1.68. The molecule has 1 heterocycles. The lowest BCUT2D eigenvalue weighted by Crippen LogP contribution is -2.44. The van der Waals surface area contributed by atoms with Crippen LogP contribution in [0.2, 0.25) is 0 Å². The molecule has 29 heavy (non-hydrogen) atoms. The van der Waals surface area contributed by atoms with Gasteiger partial charge in [-0.05, 0) is 38.0 Å². The molecular weight excluding hydrogens is 398 g/mol. The predicted molar refractivity (Wildman–Crippen MR) is 109 cm³/mol. The lowest BCUT2D eigenvalue weighted by atomic mass is 10.2. The molecule has 9 heteroatoms. The van der Waals surface area contributed by atoms with Gasteiger partial charge in [0.1, 0.15) is 0 Å². The lowest BCUT2D eigenvalue weighted by Gasteiger charge is -2.26. The maximum absolute atomic E-state index is 12.4. The summed E-state index contributed by atoms with van der Waals surface area (Å²) in [4.78, 5) is 25.9. The smallest absolute Gasteiger partial charge is 0.344 e. The van der Waals surface area contributed by atoms with Gasteiger partial charge in [-0.1, -0.05) is 18.2 Å². The van der Waals surface area contributed by atoms with Crippen molar-refractivity contribution in [2.75, 3.05) is 32.3 Å². The zero-order valence-corrected chi connectivity index (χ0v) is 17.9. The van der Waals surface area contributed by atoms with Crippen molar-refractivity contribution in [1.82, 2.24) is 4.90 Å². The highest BCUT2D eigenvalue weighted by molar-refractivity contribution is 7.91. The molecule has 0 unspecified atom stereocenters. The number of amides is 1. The van der Waals surface area contributed by atoms with Crippen molar-refractivity contribution in [2.45, 2.75) is 32.4 Å². The number of rotatable bonds is 8. The Morgan fingerprint density at radius 3 is 2.62 bits per heavy atom. The number of carbonyl (C=O) groups excluding carboxylic acids is 2. The van der Waals surface area contributed by atoms with E-state index in [4.69, 9.17) is 14.2 Å². The van der Waals surface area contributed by atoms with Crippen LogP contribution in [0.1, 0.15) is 25.8 Å². The third-order valence-corrected chi connectivity index (χ3v) is 6.40. The fourth-order valence-corrected chi connectivity index (χ4v) is 4.84. The van der Waals surface area contributed by atoms with Crippen molar-refractivity contribution < 1.29 is 32.2 Å². The highest BCUT2D eigenvalue weighted by atomic mass is 32.2. The minimum atomic E-state index is -3.11. The summed E-state index contributed by atoms with van der Waals surface area (Å²) in [5, 5.41) is 0. The highest BCUT2D eigenvalue weighted by Gasteiger charge is 2.34. The molecule has 0 aromatic heterocycles. The van der Waals surface area contributed by atoms with E-state index in [0.29, 0.717) is 17.9 Å². The van der Waals surface area contributed by atoms with Gasteiger partial charge in [0, 0.05) is 13.1 Å². The first-order valence-electron chi connectivity index (χ1n) is 9.27. The zero-order valence-electron chi connectivity index (χ0n) is 17.1. The summed E-state index contributed by atoms with van der Waals surface area (Å²) >= 11 is 0. The van der Waals surface area contributed by atoms with E-state index in [1.165, 1.54) is 26.0 Å². The van der Waals surface area contributed by atoms with Gasteiger partial charge in [-0.15, -0.1) is 0 Å². The maximum Gasteiger partial charge on any atom is 0.344 e. The van der Waals surface area contributed by atoms with E-state index in [2.05, 4.69) is 0 Å². The number of hydrogen-bond acceptors (Lipinski definition) is 7. The second-order valence-electron chi connectivity index (χ2n) is 6.84. The Morgan fingerprint density at radius 2 is 2.03 bits per heavy atom. The van der Waals surface area contributed by atoms with Crippen molar-refractivity contribution in [2.24, 2.45) is 0 Å². The Balaban J connectivity index is 1.89. The van der Waals surface area contributed by atoms with Gasteiger partial charge in [-0.3, -0.25) is 4.79 Å². The molecule has 0 bridgehead atoms. The van der Waals surface area contributed by atoms with Crippen LogP contribution < -0.4 is 9.47 Å². The molecule has 1 amide bonds. The molecule has 1 fully saturated rings. The fourth-order valence-electron chi connectivity index (χ4n) is 3.07. The van der Waals surface area contributed by atoms with Gasteiger partial charge in [-0.25, -0.2) is 13.2 Å². The molecule has 2 atom stereocenters. The second kappa shape index (κ2) is 9.78. The fraction of sp³-hybridized carbons (Fsp3) is 0.500. The Bertz CT molecular complexity index is 879. The number of allylic oxidation sites excluding steroid dienone is 1. The molecular formula is C20H27NO7S. The van der Waals surface area contributed by atoms with Crippen LogP contribution in [-0.2, 0) is 24.2 Å². The summed E-state index contributed by atoms with van der Waals surface area (Å²) in [6, 6.07) is 4.88. The van der Waals surface area contributed by atoms with Crippen LogP contribution in [0.25, 0.3) is 6.08 Å². The maximum atomic E-state index is 12.4. The van der Waals surface area contributed by atoms with E-state index in [-0.39, 0.29) is 11.5 Å². The summed E-state index contributed by atoms with van der Waals surface area (Å²) < 4.78 is 39.1. The molecule has 1 saturated heterocycles. The Labute approximate surface area is 171 Å². The van der Waals surface area contributed by atoms with Gasteiger partial charge in [0.25, 0.3) is 5.91 Å². The van der Waals surface area contributed by atoms with Crippen molar-refractivity contribution in [3.63, 3.8) is 0 Å². The summed E-state index contributed by atoms with van der Waals surface area (Å²) in [5.41, 5.74) is 0.926. The zero-order chi connectivity index (χ0) is 21.6. The first-order chi connectivity index (χ1) is 13.7. The number of likely N-dealkylation sites (N-methyl/N-ethyl adjacent to an activating group) is 1. The molecule has 1 aromatic rings. The molecule has 160 valence electrons. The number of methoxy groups -OCH3 is 1. The summed E-state index contributed by atoms with van der Waals surface area (Å²) in [6.07, 6.45) is 3.14. The van der Waals surface area contributed by atoms with E-state index in [1.807, 2.05) is 25.1 Å². The van der Waals surface area contributed by atoms with E-state index in [9.17, 15) is 18.0 Å². The molecule has 8 nitrogen and oxygen atoms in total. The Morgan fingerprint density at radius 1 is 1.31 bits per heavy atom. The number of carbonyl (C=O) groups is 2. The molecule has 2 rings (SSSR count). The third-order valence-electron chi connectivity index (χ3n) is 4.65. The number of ether oxygens (including phenoxy) is 3. The van der Waals surface area contributed by atoms with Crippen LogP contribution in [0.4, 0.5) is 0 Å². The summed E-state index contributed by atoms with van der Waals surface area (Å²) in [6.45, 7) is 2.96. The SMILES string of the molecule is C/C=C/c1ccc(OCC(=O)O[C@H](C)C(=O)N(C)[C@@H]2CCS(=O)(=O)C2)c(OC)c1. The molecule has 0 N–H and O–H groups in total. The third kappa shape index (κ3) is 6.22. The van der Waals surface area contributed by atoms with Crippen LogP contribution in [-0.4, -0.2) is 69.6 Å². The van der Waals surface area contributed by atoms with Crippen LogP contribution in [0, 0.1) is 0 Å². The normalized spacial score (nSPS) is 19.0. The highest BCUT2D eigenvalue weighted by Crippen LogP contribution is 2.28. The lowest BCUT2D eigenvalue weighted by molar-refractivity contribution is -0.160. The largest absolute Gasteiger partial charge is 0.493 e. The summed E-state index contributed by atoms with van der Waals surface area (Å²) in [5.74, 6) is -0.315. The average Bonchev–Trinajstić information content (AvgIpc) is 3.05. The van der Waals surface area contributed by atoms with Gasteiger partial charge in [-0.2, -0.15) is 0 Å². The molecule has 1 aliphatic heterocycles. The number of sulfone groups is 1. The van der Waals surface area contributed by atoms with E-state index in [0.717, 1.165) is 5.56 Å². The van der Waals surface area contributed by atoms with Crippen LogP contribution in [0.3, 0.4) is 0 Å². The van der Waals surface area contributed by atoms with Gasteiger partial charge in [0.05, 0.1) is 18.6 Å². The van der Waals surface area contributed by atoms with Crippen LogP contribution in [0.5, 0.6) is 11.5 Å². The van der Waals surface area contributed by atoms with Crippen molar-refractivity contribution in [3.8, 4) is 11.5 Å². The minimum absolute atomic E-state index is 0.0615.